The lowest BCUT2D eigenvalue weighted by Gasteiger charge is -2.05. The third-order valence-electron chi connectivity index (χ3n) is 1.95. The van der Waals surface area contributed by atoms with Crippen molar-refractivity contribution in [1.82, 2.24) is 5.16 Å². The third kappa shape index (κ3) is 2.22. The molecule has 1 aromatic heterocycles. The molecule has 1 aromatic carbocycles. The van der Waals surface area contributed by atoms with Gasteiger partial charge < -0.3 is 15.6 Å². The van der Waals surface area contributed by atoms with Gasteiger partial charge in [-0.15, -0.1) is 0 Å². The molecule has 2 aromatic rings. The number of amides is 1. The molecule has 0 aliphatic heterocycles. The molecule has 0 saturated heterocycles. The fourth-order valence-electron chi connectivity index (χ4n) is 1.21. The number of carbonyl (C=O) groups is 1. The summed E-state index contributed by atoms with van der Waals surface area (Å²) >= 11 is 3.27. The molecule has 0 spiro atoms. The van der Waals surface area contributed by atoms with E-state index in [1.165, 1.54) is 12.5 Å². The summed E-state index contributed by atoms with van der Waals surface area (Å²) in [7, 11) is 0. The summed E-state index contributed by atoms with van der Waals surface area (Å²) < 4.78 is 5.42. The fraction of sp³-hybridized carbons (Fsp3) is 0. The Balaban J connectivity index is 2.21. The zero-order chi connectivity index (χ0) is 11.5. The van der Waals surface area contributed by atoms with E-state index in [1.807, 2.05) is 0 Å². The van der Waals surface area contributed by atoms with Gasteiger partial charge in [-0.05, 0) is 18.2 Å². The van der Waals surface area contributed by atoms with Gasteiger partial charge in [0.2, 0.25) is 0 Å². The standard InChI is InChI=1S/C10H8BrN3O2/c11-6-1-2-8(9(12)3-6)10(15)14-7-4-13-16-5-7/h1-5H,12H2,(H,14,15). The van der Waals surface area contributed by atoms with E-state index in [9.17, 15) is 4.79 Å². The number of carbonyl (C=O) groups excluding carboxylic acids is 1. The Morgan fingerprint density at radius 2 is 2.31 bits per heavy atom. The predicted molar refractivity (Wildman–Crippen MR) is 63.0 cm³/mol. The fourth-order valence-corrected chi connectivity index (χ4v) is 1.58. The van der Waals surface area contributed by atoms with Gasteiger partial charge in [0.1, 0.15) is 12.0 Å². The topological polar surface area (TPSA) is 81.2 Å². The van der Waals surface area contributed by atoms with Crippen LogP contribution in [0.1, 0.15) is 10.4 Å². The Morgan fingerprint density at radius 1 is 1.50 bits per heavy atom. The van der Waals surface area contributed by atoms with E-state index < -0.39 is 0 Å². The quantitative estimate of drug-likeness (QED) is 0.828. The van der Waals surface area contributed by atoms with Gasteiger partial charge in [-0.1, -0.05) is 21.1 Å². The van der Waals surface area contributed by atoms with Crippen LogP contribution in [0.15, 0.2) is 39.7 Å². The predicted octanol–water partition coefficient (Wildman–Crippen LogP) is 2.27. The average Bonchev–Trinajstić information content (AvgIpc) is 2.70. The van der Waals surface area contributed by atoms with Gasteiger partial charge >= 0.3 is 0 Å². The highest BCUT2D eigenvalue weighted by Gasteiger charge is 2.10. The maximum atomic E-state index is 11.8. The number of halogens is 1. The summed E-state index contributed by atoms with van der Waals surface area (Å²) in [5, 5.41) is 6.08. The van der Waals surface area contributed by atoms with E-state index in [1.54, 1.807) is 18.2 Å². The molecule has 5 nitrogen and oxygen atoms in total. The van der Waals surface area contributed by atoms with Crippen molar-refractivity contribution < 1.29 is 9.32 Å². The van der Waals surface area contributed by atoms with Gasteiger partial charge in [-0.2, -0.15) is 0 Å². The molecule has 16 heavy (non-hydrogen) atoms. The van der Waals surface area contributed by atoms with E-state index in [0.717, 1.165) is 4.47 Å². The lowest BCUT2D eigenvalue weighted by molar-refractivity contribution is 0.102. The maximum absolute atomic E-state index is 11.8. The van der Waals surface area contributed by atoms with Crippen LogP contribution in [-0.4, -0.2) is 11.1 Å². The third-order valence-corrected chi connectivity index (χ3v) is 2.44. The molecule has 0 unspecified atom stereocenters. The molecule has 6 heteroatoms. The van der Waals surface area contributed by atoms with E-state index in [4.69, 9.17) is 5.73 Å². The van der Waals surface area contributed by atoms with Gasteiger partial charge in [0, 0.05) is 10.2 Å². The summed E-state index contributed by atoms with van der Waals surface area (Å²) in [6.07, 6.45) is 2.75. The first-order chi connectivity index (χ1) is 7.66. The number of rotatable bonds is 2. The van der Waals surface area contributed by atoms with Crippen molar-refractivity contribution in [2.24, 2.45) is 0 Å². The van der Waals surface area contributed by atoms with Crippen LogP contribution in [0.2, 0.25) is 0 Å². The minimum absolute atomic E-state index is 0.298. The second-order valence-corrected chi connectivity index (χ2v) is 4.01. The van der Waals surface area contributed by atoms with Crippen molar-refractivity contribution in [3.05, 3.63) is 40.7 Å². The molecule has 0 aliphatic carbocycles. The zero-order valence-electron chi connectivity index (χ0n) is 8.11. The SMILES string of the molecule is Nc1cc(Br)ccc1C(=O)Nc1cnoc1. The maximum Gasteiger partial charge on any atom is 0.257 e. The number of anilines is 2. The Kier molecular flexibility index (Phi) is 2.91. The Morgan fingerprint density at radius 3 is 2.94 bits per heavy atom. The van der Waals surface area contributed by atoms with Crippen LogP contribution in [0.5, 0.6) is 0 Å². The highest BCUT2D eigenvalue weighted by Crippen LogP contribution is 2.19. The smallest absolute Gasteiger partial charge is 0.257 e. The molecule has 3 N–H and O–H groups in total. The minimum Gasteiger partial charge on any atom is -0.398 e. The summed E-state index contributed by atoms with van der Waals surface area (Å²) in [5.41, 5.74) is 7.03. The second kappa shape index (κ2) is 4.36. The number of benzene rings is 1. The summed E-state index contributed by atoms with van der Waals surface area (Å²) in [5.74, 6) is -0.298. The van der Waals surface area contributed by atoms with Crippen LogP contribution in [0, 0.1) is 0 Å². The molecular weight excluding hydrogens is 274 g/mol. The Hall–Kier alpha value is -1.82. The van der Waals surface area contributed by atoms with Crippen LogP contribution in [0.4, 0.5) is 11.4 Å². The number of nitrogen functional groups attached to an aromatic ring is 1. The molecule has 0 radical (unpaired) electrons. The first-order valence-corrected chi connectivity index (χ1v) is 5.22. The highest BCUT2D eigenvalue weighted by molar-refractivity contribution is 9.10. The Bertz CT molecular complexity index is 511. The first kappa shape index (κ1) is 10.7. The molecular formula is C10H8BrN3O2. The highest BCUT2D eigenvalue weighted by atomic mass is 79.9. The zero-order valence-corrected chi connectivity index (χ0v) is 9.69. The average molecular weight is 282 g/mol. The molecule has 0 bridgehead atoms. The lowest BCUT2D eigenvalue weighted by atomic mass is 10.1. The van der Waals surface area contributed by atoms with Crippen LogP contribution in [0.25, 0.3) is 0 Å². The minimum atomic E-state index is -0.298. The largest absolute Gasteiger partial charge is 0.398 e. The number of nitrogens with zero attached hydrogens (tertiary/aromatic N) is 1. The molecule has 0 fully saturated rings. The van der Waals surface area contributed by atoms with E-state index in [-0.39, 0.29) is 5.91 Å². The van der Waals surface area contributed by atoms with Gasteiger partial charge in [0.25, 0.3) is 5.91 Å². The molecule has 1 heterocycles. The molecule has 82 valence electrons. The monoisotopic (exact) mass is 281 g/mol. The summed E-state index contributed by atoms with van der Waals surface area (Å²) in [6.45, 7) is 0. The van der Waals surface area contributed by atoms with E-state index >= 15 is 0 Å². The first-order valence-electron chi connectivity index (χ1n) is 4.42. The number of nitrogens with two attached hydrogens (primary N) is 1. The number of aromatic nitrogens is 1. The summed E-state index contributed by atoms with van der Waals surface area (Å²) in [4.78, 5) is 11.8. The second-order valence-electron chi connectivity index (χ2n) is 3.10. The molecule has 0 saturated carbocycles. The molecule has 1 amide bonds. The molecule has 2 rings (SSSR count). The van der Waals surface area contributed by atoms with Gasteiger partial charge in [-0.25, -0.2) is 0 Å². The van der Waals surface area contributed by atoms with Crippen LogP contribution in [-0.2, 0) is 0 Å². The van der Waals surface area contributed by atoms with Crippen molar-refractivity contribution in [3.63, 3.8) is 0 Å². The van der Waals surface area contributed by atoms with E-state index in [0.29, 0.717) is 16.9 Å². The van der Waals surface area contributed by atoms with Crippen molar-refractivity contribution in [1.29, 1.82) is 0 Å². The van der Waals surface area contributed by atoms with Crippen molar-refractivity contribution in [2.45, 2.75) is 0 Å². The van der Waals surface area contributed by atoms with Gasteiger partial charge in [-0.3, -0.25) is 4.79 Å². The van der Waals surface area contributed by atoms with Crippen molar-refractivity contribution >= 4 is 33.2 Å². The van der Waals surface area contributed by atoms with Crippen LogP contribution >= 0.6 is 15.9 Å². The van der Waals surface area contributed by atoms with Gasteiger partial charge in [0.05, 0.1) is 11.8 Å². The normalized spacial score (nSPS) is 10.1. The van der Waals surface area contributed by atoms with Crippen LogP contribution in [0.3, 0.4) is 0 Å². The van der Waals surface area contributed by atoms with Crippen molar-refractivity contribution in [2.75, 3.05) is 11.1 Å². The molecule has 0 aliphatic rings. The summed E-state index contributed by atoms with van der Waals surface area (Å²) in [6, 6.07) is 5.06. The number of hydrogen-bond donors (Lipinski definition) is 2. The van der Waals surface area contributed by atoms with Gasteiger partial charge in [0.15, 0.2) is 0 Å². The molecule has 0 atom stereocenters. The van der Waals surface area contributed by atoms with E-state index in [2.05, 4.69) is 30.9 Å². The lowest BCUT2D eigenvalue weighted by Crippen LogP contribution is -2.13. The Labute approximate surface area is 99.7 Å². The van der Waals surface area contributed by atoms with Crippen molar-refractivity contribution in [3.8, 4) is 0 Å². The number of hydrogen-bond acceptors (Lipinski definition) is 4. The van der Waals surface area contributed by atoms with Crippen LogP contribution < -0.4 is 11.1 Å². The number of nitrogens with one attached hydrogen (secondary N) is 1.